The molecule has 0 bridgehead atoms. The van der Waals surface area contributed by atoms with E-state index in [0.717, 1.165) is 33.7 Å². The van der Waals surface area contributed by atoms with E-state index in [1.54, 1.807) is 19.5 Å². The second-order valence-corrected chi connectivity index (χ2v) is 10.7. The fourth-order valence-corrected chi connectivity index (χ4v) is 5.98. The largest absolute Gasteiger partial charge is 0.497 e. The fraction of sp³-hybridized carbons (Fsp3) is 0.379. The number of alkyl carbamates (subject to hydrolysis) is 1. The van der Waals surface area contributed by atoms with Gasteiger partial charge in [0.2, 0.25) is 5.91 Å². The highest BCUT2D eigenvalue weighted by atomic mass is 32.1. The van der Waals surface area contributed by atoms with Gasteiger partial charge in [-0.15, -0.1) is 11.3 Å². The van der Waals surface area contributed by atoms with E-state index in [-0.39, 0.29) is 23.8 Å². The van der Waals surface area contributed by atoms with Gasteiger partial charge in [-0.2, -0.15) is 5.26 Å². The highest BCUT2D eigenvalue weighted by molar-refractivity contribution is 7.16. The van der Waals surface area contributed by atoms with Gasteiger partial charge in [0.25, 0.3) is 0 Å². The van der Waals surface area contributed by atoms with Crippen molar-refractivity contribution in [3.63, 3.8) is 0 Å². The standard InChI is InChI=1S/C29H32N4O4S/c1-18(21-6-4-8-23(14-21)36-3)12-27(34)33-28-25(15-30)24-10-9-20(13-26(24)38-28)17-37-29(35)32-19(2)22-7-5-11-31-16-22/h4-8,11,14,16,18-20H,9-10,12-13,17H2,1-3H3,(H,32,35)(H,33,34). The van der Waals surface area contributed by atoms with Crippen LogP contribution in [0.1, 0.15) is 65.8 Å². The molecule has 38 heavy (non-hydrogen) atoms. The van der Waals surface area contributed by atoms with Crippen molar-refractivity contribution < 1.29 is 19.1 Å². The number of aromatic nitrogens is 1. The summed E-state index contributed by atoms with van der Waals surface area (Å²) in [5.74, 6) is 0.781. The number of nitrogens with one attached hydrogen (secondary N) is 2. The first kappa shape index (κ1) is 27.1. The van der Waals surface area contributed by atoms with Crippen molar-refractivity contribution in [2.75, 3.05) is 19.0 Å². The number of amides is 2. The number of ether oxygens (including phenoxy) is 2. The monoisotopic (exact) mass is 532 g/mol. The zero-order valence-electron chi connectivity index (χ0n) is 21.8. The van der Waals surface area contributed by atoms with Crippen LogP contribution in [0.4, 0.5) is 9.80 Å². The molecule has 9 heteroatoms. The van der Waals surface area contributed by atoms with Gasteiger partial charge in [0.1, 0.15) is 16.8 Å². The van der Waals surface area contributed by atoms with Crippen LogP contribution in [0, 0.1) is 17.2 Å². The van der Waals surface area contributed by atoms with Crippen molar-refractivity contribution in [1.29, 1.82) is 5.26 Å². The first-order valence-corrected chi connectivity index (χ1v) is 13.5. The molecule has 2 N–H and O–H groups in total. The highest BCUT2D eigenvalue weighted by Crippen LogP contribution is 2.39. The Morgan fingerprint density at radius 3 is 2.79 bits per heavy atom. The van der Waals surface area contributed by atoms with Gasteiger partial charge in [-0.25, -0.2) is 4.79 Å². The molecule has 1 aromatic carbocycles. The van der Waals surface area contributed by atoms with Crippen LogP contribution < -0.4 is 15.4 Å². The smallest absolute Gasteiger partial charge is 0.407 e. The molecule has 1 aliphatic rings. The third-order valence-electron chi connectivity index (χ3n) is 6.86. The van der Waals surface area contributed by atoms with Gasteiger partial charge in [0.15, 0.2) is 0 Å². The van der Waals surface area contributed by atoms with Crippen LogP contribution in [0.5, 0.6) is 5.75 Å². The minimum Gasteiger partial charge on any atom is -0.497 e. The van der Waals surface area contributed by atoms with Crippen LogP contribution >= 0.6 is 11.3 Å². The molecule has 2 aromatic heterocycles. The second-order valence-electron chi connectivity index (χ2n) is 9.61. The molecule has 4 rings (SSSR count). The maximum Gasteiger partial charge on any atom is 0.407 e. The number of pyridine rings is 1. The molecule has 2 heterocycles. The Labute approximate surface area is 227 Å². The zero-order chi connectivity index (χ0) is 27.1. The minimum atomic E-state index is -0.464. The Hall–Kier alpha value is -3.90. The maximum atomic E-state index is 12.9. The van der Waals surface area contributed by atoms with E-state index in [4.69, 9.17) is 9.47 Å². The Morgan fingerprint density at radius 1 is 1.24 bits per heavy atom. The summed E-state index contributed by atoms with van der Waals surface area (Å²) >= 11 is 1.45. The summed E-state index contributed by atoms with van der Waals surface area (Å²) in [4.78, 5) is 30.3. The number of thiophene rings is 1. The first-order chi connectivity index (χ1) is 18.4. The van der Waals surface area contributed by atoms with Crippen LogP contribution in [0.15, 0.2) is 48.8 Å². The Bertz CT molecular complexity index is 1320. The maximum absolute atomic E-state index is 12.9. The molecule has 0 saturated carbocycles. The molecule has 2 amide bonds. The third-order valence-corrected chi connectivity index (χ3v) is 8.03. The summed E-state index contributed by atoms with van der Waals surface area (Å²) in [6.45, 7) is 4.18. The van der Waals surface area contributed by atoms with Gasteiger partial charge in [-0.1, -0.05) is 25.1 Å². The number of rotatable bonds is 9. The van der Waals surface area contributed by atoms with Gasteiger partial charge in [-0.3, -0.25) is 9.78 Å². The number of carbonyl (C=O) groups is 2. The normalized spacial score (nSPS) is 15.9. The van der Waals surface area contributed by atoms with Gasteiger partial charge in [0.05, 0.1) is 25.3 Å². The van der Waals surface area contributed by atoms with Crippen LogP contribution in [0.25, 0.3) is 0 Å². The number of carbonyl (C=O) groups excluding carboxylic acids is 2. The quantitative estimate of drug-likeness (QED) is 0.363. The minimum absolute atomic E-state index is 0.00114. The zero-order valence-corrected chi connectivity index (χ0v) is 22.6. The molecular formula is C29H32N4O4S. The van der Waals surface area contributed by atoms with Crippen molar-refractivity contribution >= 4 is 28.3 Å². The van der Waals surface area contributed by atoms with Gasteiger partial charge in [-0.05, 0) is 72.9 Å². The lowest BCUT2D eigenvalue weighted by atomic mass is 9.88. The van der Waals surface area contributed by atoms with E-state index in [1.807, 2.05) is 50.2 Å². The van der Waals surface area contributed by atoms with Crippen molar-refractivity contribution in [3.8, 4) is 11.8 Å². The topological polar surface area (TPSA) is 113 Å². The van der Waals surface area contributed by atoms with Crippen molar-refractivity contribution in [3.05, 3.63) is 75.9 Å². The predicted molar refractivity (Wildman–Crippen MR) is 146 cm³/mol. The number of hydrogen-bond acceptors (Lipinski definition) is 7. The lowest BCUT2D eigenvalue weighted by Gasteiger charge is -2.22. The average Bonchev–Trinajstić information content (AvgIpc) is 3.28. The van der Waals surface area contributed by atoms with Crippen molar-refractivity contribution in [1.82, 2.24) is 10.3 Å². The molecule has 0 aliphatic heterocycles. The summed E-state index contributed by atoms with van der Waals surface area (Å²) in [5, 5.41) is 16.2. The van der Waals surface area contributed by atoms with Crippen LogP contribution in [-0.2, 0) is 22.4 Å². The molecule has 0 radical (unpaired) electrons. The summed E-state index contributed by atoms with van der Waals surface area (Å²) < 4.78 is 10.8. The second kappa shape index (κ2) is 12.6. The lowest BCUT2D eigenvalue weighted by molar-refractivity contribution is -0.116. The molecule has 3 atom stereocenters. The van der Waals surface area contributed by atoms with E-state index in [9.17, 15) is 14.9 Å². The number of methoxy groups -OCH3 is 1. The molecular weight excluding hydrogens is 500 g/mol. The lowest BCUT2D eigenvalue weighted by Crippen LogP contribution is -2.30. The first-order valence-electron chi connectivity index (χ1n) is 12.7. The van der Waals surface area contributed by atoms with Crippen molar-refractivity contribution in [2.45, 2.75) is 51.5 Å². The molecule has 3 aromatic rings. The number of hydrogen-bond donors (Lipinski definition) is 2. The molecule has 8 nitrogen and oxygen atoms in total. The summed E-state index contributed by atoms with van der Waals surface area (Å²) in [5.41, 5.74) is 3.48. The fourth-order valence-electron chi connectivity index (χ4n) is 4.65. The number of nitriles is 1. The number of nitrogens with zero attached hydrogens (tertiary/aromatic N) is 2. The van der Waals surface area contributed by atoms with Crippen molar-refractivity contribution in [2.24, 2.45) is 5.92 Å². The third kappa shape index (κ3) is 6.69. The van der Waals surface area contributed by atoms with E-state index in [1.165, 1.54) is 11.3 Å². The molecule has 0 saturated heterocycles. The molecule has 0 spiro atoms. The molecule has 1 aliphatic carbocycles. The van der Waals surface area contributed by atoms with Gasteiger partial charge in [0, 0.05) is 23.7 Å². The SMILES string of the molecule is COc1cccc(C(C)CC(=O)Nc2sc3c(c2C#N)CCC(COC(=O)NC(C)c2cccnc2)C3)c1. The van der Waals surface area contributed by atoms with E-state index in [0.29, 0.717) is 36.4 Å². The Morgan fingerprint density at radius 2 is 2.05 bits per heavy atom. The summed E-state index contributed by atoms with van der Waals surface area (Å²) in [6, 6.07) is 13.5. The number of benzene rings is 1. The van der Waals surface area contributed by atoms with Crippen LogP contribution in [0.3, 0.4) is 0 Å². The highest BCUT2D eigenvalue weighted by Gasteiger charge is 2.28. The van der Waals surface area contributed by atoms with Crippen LogP contribution in [0.2, 0.25) is 0 Å². The molecule has 3 unspecified atom stereocenters. The molecule has 0 fully saturated rings. The average molecular weight is 533 g/mol. The number of fused-ring (bicyclic) bond motifs is 1. The summed E-state index contributed by atoms with van der Waals surface area (Å²) in [6.07, 6.45) is 5.46. The number of anilines is 1. The van der Waals surface area contributed by atoms with Crippen LogP contribution in [-0.4, -0.2) is 30.7 Å². The van der Waals surface area contributed by atoms with E-state index in [2.05, 4.69) is 21.7 Å². The Balaban J connectivity index is 1.32. The van der Waals surface area contributed by atoms with E-state index < -0.39 is 6.09 Å². The van der Waals surface area contributed by atoms with Gasteiger partial charge < -0.3 is 20.1 Å². The Kier molecular flexibility index (Phi) is 8.98. The predicted octanol–water partition coefficient (Wildman–Crippen LogP) is 5.75. The summed E-state index contributed by atoms with van der Waals surface area (Å²) in [7, 11) is 1.62. The molecule has 198 valence electrons. The van der Waals surface area contributed by atoms with E-state index >= 15 is 0 Å². The van der Waals surface area contributed by atoms with Gasteiger partial charge >= 0.3 is 6.09 Å².